The molecular formula is C14H21BrN2. The number of nitrogens with one attached hydrogen (secondary N) is 1. The van der Waals surface area contributed by atoms with Crippen molar-refractivity contribution in [2.75, 3.05) is 19.0 Å². The Morgan fingerprint density at radius 1 is 1.35 bits per heavy atom. The van der Waals surface area contributed by atoms with Gasteiger partial charge in [0.1, 0.15) is 0 Å². The molecule has 0 aliphatic heterocycles. The summed E-state index contributed by atoms with van der Waals surface area (Å²) in [4.78, 5) is 2.43. The lowest BCUT2D eigenvalue weighted by atomic mass is 10.1. The predicted octanol–water partition coefficient (Wildman–Crippen LogP) is 3.55. The van der Waals surface area contributed by atoms with E-state index < -0.39 is 0 Å². The van der Waals surface area contributed by atoms with Crippen LogP contribution in [0.3, 0.4) is 0 Å². The molecule has 0 saturated heterocycles. The molecule has 3 heteroatoms. The monoisotopic (exact) mass is 296 g/mol. The molecule has 1 aromatic rings. The number of rotatable bonds is 4. The van der Waals surface area contributed by atoms with Crippen LogP contribution in [-0.2, 0) is 6.54 Å². The van der Waals surface area contributed by atoms with Gasteiger partial charge in [-0.2, -0.15) is 0 Å². The number of benzene rings is 1. The summed E-state index contributed by atoms with van der Waals surface area (Å²) in [6, 6.07) is 7.38. The Bertz CT molecular complexity index is 372. The van der Waals surface area contributed by atoms with Crippen molar-refractivity contribution >= 4 is 21.6 Å². The Morgan fingerprint density at radius 3 is 2.65 bits per heavy atom. The summed E-state index contributed by atoms with van der Waals surface area (Å²) in [5, 5.41) is 3.18. The molecule has 0 amide bonds. The molecule has 1 N–H and O–H groups in total. The second-order valence-corrected chi connectivity index (χ2v) is 5.72. The number of hydrogen-bond donors (Lipinski definition) is 1. The largest absolute Gasteiger partial charge is 0.371 e. The van der Waals surface area contributed by atoms with Gasteiger partial charge in [-0.25, -0.2) is 0 Å². The van der Waals surface area contributed by atoms with Gasteiger partial charge in [-0.3, -0.25) is 0 Å². The van der Waals surface area contributed by atoms with E-state index >= 15 is 0 Å². The zero-order valence-electron chi connectivity index (χ0n) is 10.7. The van der Waals surface area contributed by atoms with Crippen molar-refractivity contribution in [2.24, 2.45) is 0 Å². The highest BCUT2D eigenvalue weighted by molar-refractivity contribution is 9.10. The molecule has 1 aliphatic rings. The third kappa shape index (κ3) is 3.02. The molecule has 0 radical (unpaired) electrons. The van der Waals surface area contributed by atoms with Crippen LogP contribution in [0.1, 0.15) is 31.2 Å². The minimum Gasteiger partial charge on any atom is -0.371 e. The molecule has 0 bridgehead atoms. The number of halogens is 1. The van der Waals surface area contributed by atoms with Gasteiger partial charge in [0.25, 0.3) is 0 Å². The standard InChI is InChI=1S/C14H21BrN2/c1-16-10-11-7-8-14(13(15)9-11)17(2)12-5-3-4-6-12/h7-9,12,16H,3-6,10H2,1-2H3. The predicted molar refractivity (Wildman–Crippen MR) is 77.6 cm³/mol. The Morgan fingerprint density at radius 2 is 2.06 bits per heavy atom. The van der Waals surface area contributed by atoms with E-state index in [4.69, 9.17) is 0 Å². The molecule has 1 aromatic carbocycles. The molecule has 17 heavy (non-hydrogen) atoms. The summed E-state index contributed by atoms with van der Waals surface area (Å²) in [6.07, 6.45) is 5.43. The normalized spacial score (nSPS) is 16.4. The minimum absolute atomic E-state index is 0.724. The molecule has 1 saturated carbocycles. The van der Waals surface area contributed by atoms with E-state index in [9.17, 15) is 0 Å². The highest BCUT2D eigenvalue weighted by atomic mass is 79.9. The number of hydrogen-bond acceptors (Lipinski definition) is 2. The van der Waals surface area contributed by atoms with Crippen molar-refractivity contribution in [2.45, 2.75) is 38.3 Å². The van der Waals surface area contributed by atoms with Crippen molar-refractivity contribution in [3.05, 3.63) is 28.2 Å². The van der Waals surface area contributed by atoms with Gasteiger partial charge in [-0.05, 0) is 53.5 Å². The van der Waals surface area contributed by atoms with Crippen LogP contribution >= 0.6 is 15.9 Å². The van der Waals surface area contributed by atoms with E-state index in [2.05, 4.69) is 51.4 Å². The number of nitrogens with zero attached hydrogens (tertiary/aromatic N) is 1. The number of anilines is 1. The lowest BCUT2D eigenvalue weighted by Gasteiger charge is -2.27. The van der Waals surface area contributed by atoms with Crippen molar-refractivity contribution < 1.29 is 0 Å². The van der Waals surface area contributed by atoms with E-state index in [1.807, 2.05) is 7.05 Å². The zero-order valence-corrected chi connectivity index (χ0v) is 12.3. The fourth-order valence-corrected chi connectivity index (χ4v) is 3.34. The molecule has 0 atom stereocenters. The summed E-state index contributed by atoms with van der Waals surface area (Å²) in [7, 11) is 4.19. The SMILES string of the molecule is CNCc1ccc(N(C)C2CCCC2)c(Br)c1. The second-order valence-electron chi connectivity index (χ2n) is 4.87. The third-order valence-electron chi connectivity index (χ3n) is 3.65. The van der Waals surface area contributed by atoms with Gasteiger partial charge < -0.3 is 10.2 Å². The molecule has 0 aromatic heterocycles. The van der Waals surface area contributed by atoms with Crippen LogP contribution in [0.25, 0.3) is 0 Å². The summed E-state index contributed by atoms with van der Waals surface area (Å²) in [5.41, 5.74) is 2.64. The van der Waals surface area contributed by atoms with Gasteiger partial charge in [0.2, 0.25) is 0 Å². The Balaban J connectivity index is 2.14. The minimum atomic E-state index is 0.724. The van der Waals surface area contributed by atoms with Gasteiger partial charge in [-0.1, -0.05) is 18.9 Å². The lowest BCUT2D eigenvalue weighted by molar-refractivity contribution is 0.652. The molecule has 1 fully saturated rings. The topological polar surface area (TPSA) is 15.3 Å². The summed E-state index contributed by atoms with van der Waals surface area (Å²) in [5.74, 6) is 0. The third-order valence-corrected chi connectivity index (χ3v) is 4.28. The Kier molecular flexibility index (Phi) is 4.46. The lowest BCUT2D eigenvalue weighted by Crippen LogP contribution is -2.29. The van der Waals surface area contributed by atoms with Crippen molar-refractivity contribution in [1.82, 2.24) is 5.32 Å². The first-order chi connectivity index (χ1) is 8.22. The molecule has 94 valence electrons. The fraction of sp³-hybridized carbons (Fsp3) is 0.571. The second kappa shape index (κ2) is 5.87. The van der Waals surface area contributed by atoms with Crippen LogP contribution in [0.4, 0.5) is 5.69 Å². The first-order valence-corrected chi connectivity index (χ1v) is 7.17. The van der Waals surface area contributed by atoms with Crippen LogP contribution in [0.5, 0.6) is 0 Å². The van der Waals surface area contributed by atoms with E-state index in [1.165, 1.54) is 41.4 Å². The van der Waals surface area contributed by atoms with Crippen molar-refractivity contribution in [1.29, 1.82) is 0 Å². The van der Waals surface area contributed by atoms with E-state index in [1.54, 1.807) is 0 Å². The maximum Gasteiger partial charge on any atom is 0.0510 e. The molecule has 1 aliphatic carbocycles. The zero-order chi connectivity index (χ0) is 12.3. The van der Waals surface area contributed by atoms with E-state index in [0.29, 0.717) is 0 Å². The van der Waals surface area contributed by atoms with Crippen LogP contribution < -0.4 is 10.2 Å². The van der Waals surface area contributed by atoms with Crippen LogP contribution in [0, 0.1) is 0 Å². The van der Waals surface area contributed by atoms with Gasteiger partial charge in [0, 0.05) is 24.1 Å². The quantitative estimate of drug-likeness (QED) is 0.914. The first-order valence-electron chi connectivity index (χ1n) is 6.38. The van der Waals surface area contributed by atoms with Gasteiger partial charge in [0.15, 0.2) is 0 Å². The molecule has 0 unspecified atom stereocenters. The molecule has 2 nitrogen and oxygen atoms in total. The highest BCUT2D eigenvalue weighted by Gasteiger charge is 2.21. The summed E-state index contributed by atoms with van der Waals surface area (Å²) >= 11 is 3.70. The van der Waals surface area contributed by atoms with Crippen molar-refractivity contribution in [3.8, 4) is 0 Å². The van der Waals surface area contributed by atoms with Crippen LogP contribution in [-0.4, -0.2) is 20.1 Å². The van der Waals surface area contributed by atoms with E-state index in [-0.39, 0.29) is 0 Å². The summed E-state index contributed by atoms with van der Waals surface area (Å²) < 4.78 is 1.21. The van der Waals surface area contributed by atoms with Gasteiger partial charge in [0.05, 0.1) is 5.69 Å². The molecule has 0 spiro atoms. The van der Waals surface area contributed by atoms with Crippen LogP contribution in [0.15, 0.2) is 22.7 Å². The maximum atomic E-state index is 3.70. The average molecular weight is 297 g/mol. The fourth-order valence-electron chi connectivity index (χ4n) is 2.64. The summed E-state index contributed by atoms with van der Waals surface area (Å²) in [6.45, 7) is 0.923. The molecule has 0 heterocycles. The highest BCUT2D eigenvalue weighted by Crippen LogP contribution is 2.32. The van der Waals surface area contributed by atoms with Gasteiger partial charge in [-0.15, -0.1) is 0 Å². The van der Waals surface area contributed by atoms with E-state index in [0.717, 1.165) is 12.6 Å². The van der Waals surface area contributed by atoms with Crippen LogP contribution in [0.2, 0.25) is 0 Å². The first kappa shape index (κ1) is 12.9. The van der Waals surface area contributed by atoms with Crippen molar-refractivity contribution in [3.63, 3.8) is 0 Å². The molecular weight excluding hydrogens is 276 g/mol. The Hall–Kier alpha value is -0.540. The molecule has 2 rings (SSSR count). The smallest absolute Gasteiger partial charge is 0.0510 e. The average Bonchev–Trinajstić information content (AvgIpc) is 2.82. The van der Waals surface area contributed by atoms with Gasteiger partial charge >= 0.3 is 0 Å². The maximum absolute atomic E-state index is 3.70. The Labute approximate surface area is 113 Å².